The van der Waals surface area contributed by atoms with E-state index >= 15 is 0 Å². The van der Waals surface area contributed by atoms with E-state index in [1.54, 1.807) is 19.1 Å². The van der Waals surface area contributed by atoms with Crippen molar-refractivity contribution >= 4 is 22.7 Å². The summed E-state index contributed by atoms with van der Waals surface area (Å²) < 4.78 is 13.3. The number of nitrogens with one attached hydrogen (secondary N) is 1. The third kappa shape index (κ3) is 3.22. The van der Waals surface area contributed by atoms with E-state index < -0.39 is 6.04 Å². The van der Waals surface area contributed by atoms with Crippen LogP contribution in [0.5, 0.6) is 0 Å². The highest BCUT2D eigenvalue weighted by molar-refractivity contribution is 6.01. The molecule has 0 aliphatic carbocycles. The highest BCUT2D eigenvalue weighted by atomic mass is 19.1. The lowest BCUT2D eigenvalue weighted by molar-refractivity contribution is -0.128. The van der Waals surface area contributed by atoms with E-state index in [1.165, 1.54) is 17.0 Å². The zero-order chi connectivity index (χ0) is 19.8. The zero-order valence-corrected chi connectivity index (χ0v) is 15.7. The summed E-state index contributed by atoms with van der Waals surface area (Å²) in [5.41, 5.74) is 3.57. The fourth-order valence-electron chi connectivity index (χ4n) is 3.63. The van der Waals surface area contributed by atoms with E-state index in [-0.39, 0.29) is 17.6 Å². The average Bonchev–Trinajstić information content (AvgIpc) is 2.68. The number of hydrogen-bond acceptors (Lipinski definition) is 3. The van der Waals surface area contributed by atoms with Crippen molar-refractivity contribution in [2.45, 2.75) is 19.9 Å². The Hall–Kier alpha value is -3.28. The molecule has 2 heterocycles. The predicted molar refractivity (Wildman–Crippen MR) is 104 cm³/mol. The van der Waals surface area contributed by atoms with Crippen molar-refractivity contribution in [2.24, 2.45) is 0 Å². The van der Waals surface area contributed by atoms with Gasteiger partial charge in [-0.3, -0.25) is 14.6 Å². The number of carbonyl (C=O) groups is 2. The van der Waals surface area contributed by atoms with Crippen molar-refractivity contribution in [1.29, 1.82) is 0 Å². The maximum absolute atomic E-state index is 13.4. The molecule has 1 unspecified atom stereocenters. The molecule has 28 heavy (non-hydrogen) atoms. The number of aromatic nitrogens is 1. The third-order valence-corrected chi connectivity index (χ3v) is 5.05. The molecule has 1 saturated heterocycles. The smallest absolute Gasteiger partial charge is 0.256 e. The Morgan fingerprint density at radius 3 is 2.64 bits per heavy atom. The number of aryl methyl sites for hydroxylation is 2. The molecule has 1 N–H and O–H groups in total. The molecule has 4 rings (SSSR count). The quantitative estimate of drug-likeness (QED) is 0.745. The lowest BCUT2D eigenvalue weighted by Crippen LogP contribution is -2.52. The summed E-state index contributed by atoms with van der Waals surface area (Å²) in [5, 5.41) is 3.67. The van der Waals surface area contributed by atoms with Gasteiger partial charge in [-0.05, 0) is 49.7 Å². The van der Waals surface area contributed by atoms with Crippen LogP contribution in [-0.4, -0.2) is 34.8 Å². The van der Waals surface area contributed by atoms with Gasteiger partial charge in [0.25, 0.3) is 5.91 Å². The van der Waals surface area contributed by atoms with Crippen molar-refractivity contribution < 1.29 is 14.0 Å². The summed E-state index contributed by atoms with van der Waals surface area (Å²) in [7, 11) is 0. The molecule has 1 fully saturated rings. The number of rotatable bonds is 2. The van der Waals surface area contributed by atoms with E-state index in [2.05, 4.69) is 10.3 Å². The van der Waals surface area contributed by atoms with E-state index in [0.717, 1.165) is 16.5 Å². The lowest BCUT2D eigenvalue weighted by Gasteiger charge is -2.35. The Bertz CT molecular complexity index is 1080. The second-order valence-corrected chi connectivity index (χ2v) is 7.06. The second kappa shape index (κ2) is 7.03. The Morgan fingerprint density at radius 2 is 1.89 bits per heavy atom. The van der Waals surface area contributed by atoms with E-state index in [1.807, 2.05) is 31.2 Å². The molecular formula is C22H20FN3O2. The van der Waals surface area contributed by atoms with Crippen molar-refractivity contribution in [3.05, 3.63) is 76.7 Å². The number of fused-ring (bicyclic) bond motifs is 1. The maximum atomic E-state index is 13.4. The summed E-state index contributed by atoms with van der Waals surface area (Å²) in [4.78, 5) is 32.0. The van der Waals surface area contributed by atoms with Crippen molar-refractivity contribution in [2.75, 3.05) is 13.1 Å². The topological polar surface area (TPSA) is 62.3 Å². The number of piperazine rings is 1. The summed E-state index contributed by atoms with van der Waals surface area (Å²) in [6.07, 6.45) is 0. The van der Waals surface area contributed by atoms with Crippen LogP contribution in [0, 0.1) is 19.7 Å². The van der Waals surface area contributed by atoms with Gasteiger partial charge < -0.3 is 10.2 Å². The first-order valence-electron chi connectivity index (χ1n) is 9.16. The molecule has 0 saturated carbocycles. The van der Waals surface area contributed by atoms with E-state index in [9.17, 15) is 14.0 Å². The molecule has 1 aromatic heterocycles. The standard InChI is InChI=1S/C22H20FN3O2/c1-13-3-8-19-16(11-13)12-18(14(2)25-19)22(28)26-10-9-24-21(27)20(26)15-4-6-17(23)7-5-15/h3-8,11-12,20H,9-10H2,1-2H3,(H,24,27). The molecule has 0 bridgehead atoms. The highest BCUT2D eigenvalue weighted by Gasteiger charge is 2.35. The summed E-state index contributed by atoms with van der Waals surface area (Å²) in [6.45, 7) is 4.53. The van der Waals surface area contributed by atoms with Crippen LogP contribution in [0.4, 0.5) is 4.39 Å². The molecule has 2 aromatic carbocycles. The molecule has 0 radical (unpaired) electrons. The van der Waals surface area contributed by atoms with Crippen LogP contribution in [0.1, 0.15) is 33.2 Å². The SMILES string of the molecule is Cc1ccc2nc(C)c(C(=O)N3CCNC(=O)C3c3ccc(F)cc3)cc2c1. The van der Waals surface area contributed by atoms with Crippen LogP contribution in [0.25, 0.3) is 10.9 Å². The molecule has 1 aliphatic heterocycles. The number of carbonyl (C=O) groups excluding carboxylic acids is 2. The highest BCUT2D eigenvalue weighted by Crippen LogP contribution is 2.27. The third-order valence-electron chi connectivity index (χ3n) is 5.05. The zero-order valence-electron chi connectivity index (χ0n) is 15.7. The fraction of sp³-hybridized carbons (Fsp3) is 0.227. The lowest BCUT2D eigenvalue weighted by atomic mass is 10.00. The molecule has 0 spiro atoms. The van der Waals surface area contributed by atoms with Gasteiger partial charge in [0.05, 0.1) is 16.8 Å². The minimum Gasteiger partial charge on any atom is -0.352 e. The number of hydrogen-bond donors (Lipinski definition) is 1. The minimum atomic E-state index is -0.797. The van der Waals surface area contributed by atoms with Crippen LogP contribution in [0.2, 0.25) is 0 Å². The van der Waals surface area contributed by atoms with Gasteiger partial charge in [-0.1, -0.05) is 23.8 Å². The number of amides is 2. The summed E-state index contributed by atoms with van der Waals surface area (Å²) >= 11 is 0. The second-order valence-electron chi connectivity index (χ2n) is 7.06. The first-order chi connectivity index (χ1) is 13.4. The van der Waals surface area contributed by atoms with Crippen molar-refractivity contribution in [1.82, 2.24) is 15.2 Å². The Kier molecular flexibility index (Phi) is 4.55. The minimum absolute atomic E-state index is 0.252. The van der Waals surface area contributed by atoms with E-state index in [0.29, 0.717) is 29.9 Å². The van der Waals surface area contributed by atoms with Crippen LogP contribution in [0.3, 0.4) is 0 Å². The Balaban J connectivity index is 1.76. The largest absolute Gasteiger partial charge is 0.352 e. The van der Waals surface area contributed by atoms with Crippen LogP contribution < -0.4 is 5.32 Å². The van der Waals surface area contributed by atoms with Crippen molar-refractivity contribution in [3.63, 3.8) is 0 Å². The summed E-state index contributed by atoms with van der Waals surface area (Å²) in [5.74, 6) is -0.908. The van der Waals surface area contributed by atoms with Gasteiger partial charge in [0.2, 0.25) is 5.91 Å². The van der Waals surface area contributed by atoms with Gasteiger partial charge in [-0.2, -0.15) is 0 Å². The van der Waals surface area contributed by atoms with Gasteiger partial charge in [0.15, 0.2) is 0 Å². The first-order valence-corrected chi connectivity index (χ1v) is 9.16. The molecule has 6 heteroatoms. The van der Waals surface area contributed by atoms with Crippen molar-refractivity contribution in [3.8, 4) is 0 Å². The maximum Gasteiger partial charge on any atom is 0.256 e. The molecule has 1 atom stereocenters. The first kappa shape index (κ1) is 18.1. The summed E-state index contributed by atoms with van der Waals surface area (Å²) in [6, 6.07) is 12.6. The molecule has 3 aromatic rings. The van der Waals surface area contributed by atoms with Gasteiger partial charge in [-0.25, -0.2) is 4.39 Å². The Morgan fingerprint density at radius 1 is 1.14 bits per heavy atom. The van der Waals surface area contributed by atoms with Gasteiger partial charge in [-0.15, -0.1) is 0 Å². The van der Waals surface area contributed by atoms with Crippen LogP contribution >= 0.6 is 0 Å². The van der Waals surface area contributed by atoms with Crippen LogP contribution in [-0.2, 0) is 4.79 Å². The van der Waals surface area contributed by atoms with Gasteiger partial charge in [0.1, 0.15) is 11.9 Å². The van der Waals surface area contributed by atoms with Crippen LogP contribution in [0.15, 0.2) is 48.5 Å². The number of pyridine rings is 1. The molecule has 2 amide bonds. The fourth-order valence-corrected chi connectivity index (χ4v) is 3.63. The normalized spacial score (nSPS) is 16.9. The van der Waals surface area contributed by atoms with Gasteiger partial charge in [0, 0.05) is 18.5 Å². The average molecular weight is 377 g/mol. The molecular weight excluding hydrogens is 357 g/mol. The van der Waals surface area contributed by atoms with E-state index in [4.69, 9.17) is 0 Å². The number of benzene rings is 2. The Labute approximate surface area is 162 Å². The molecule has 5 nitrogen and oxygen atoms in total. The molecule has 1 aliphatic rings. The molecule has 142 valence electrons. The predicted octanol–water partition coefficient (Wildman–Crippen LogP) is 3.30. The number of nitrogens with zero attached hydrogens (tertiary/aromatic N) is 2. The van der Waals surface area contributed by atoms with Gasteiger partial charge >= 0.3 is 0 Å². The monoisotopic (exact) mass is 377 g/mol. The number of halogens is 1.